The molecule has 142 valence electrons. The van der Waals surface area contributed by atoms with Gasteiger partial charge >= 0.3 is 6.03 Å². The van der Waals surface area contributed by atoms with Crippen molar-refractivity contribution >= 4 is 23.5 Å². The molecule has 8 heteroatoms. The first-order valence-electron chi connectivity index (χ1n) is 9.10. The Morgan fingerprint density at radius 2 is 1.85 bits per heavy atom. The van der Waals surface area contributed by atoms with Crippen LogP contribution >= 0.6 is 11.8 Å². The summed E-state index contributed by atoms with van der Waals surface area (Å²) in [6.07, 6.45) is 3.01. The van der Waals surface area contributed by atoms with E-state index in [0.717, 1.165) is 62.1 Å². The molecule has 0 spiro atoms. The SMILES string of the molecule is CSc1cc2c(cc1NC(=O)N1CCC(N3CCOCC3)C1)OCCO2. The minimum Gasteiger partial charge on any atom is -0.486 e. The van der Waals surface area contributed by atoms with Gasteiger partial charge in [-0.2, -0.15) is 0 Å². The lowest BCUT2D eigenvalue weighted by molar-refractivity contribution is 0.0192. The van der Waals surface area contributed by atoms with Crippen molar-refractivity contribution in [1.82, 2.24) is 9.80 Å². The molecule has 2 amide bonds. The first-order chi connectivity index (χ1) is 12.7. The molecule has 4 rings (SSSR count). The predicted octanol–water partition coefficient (Wildman–Crippen LogP) is 2.12. The molecule has 2 fully saturated rings. The number of ether oxygens (including phenoxy) is 3. The zero-order chi connectivity index (χ0) is 17.9. The van der Waals surface area contributed by atoms with Gasteiger partial charge in [0.05, 0.1) is 18.9 Å². The molecule has 0 aromatic heterocycles. The van der Waals surface area contributed by atoms with Crippen molar-refractivity contribution in [1.29, 1.82) is 0 Å². The molecule has 3 heterocycles. The molecule has 2 saturated heterocycles. The number of amides is 2. The van der Waals surface area contributed by atoms with Crippen LogP contribution < -0.4 is 14.8 Å². The van der Waals surface area contributed by atoms with Crippen LogP contribution in [0.5, 0.6) is 11.5 Å². The molecular formula is C18H25N3O4S. The molecule has 1 aromatic carbocycles. The molecule has 0 radical (unpaired) electrons. The number of carbonyl (C=O) groups is 1. The zero-order valence-corrected chi connectivity index (χ0v) is 15.8. The normalized spacial score (nSPS) is 23.1. The van der Waals surface area contributed by atoms with E-state index in [4.69, 9.17) is 14.2 Å². The number of fused-ring (bicyclic) bond motifs is 1. The van der Waals surface area contributed by atoms with Crippen LogP contribution in [-0.4, -0.2) is 80.7 Å². The van der Waals surface area contributed by atoms with Crippen LogP contribution in [0.1, 0.15) is 6.42 Å². The van der Waals surface area contributed by atoms with Crippen molar-refractivity contribution < 1.29 is 19.0 Å². The summed E-state index contributed by atoms with van der Waals surface area (Å²) in [6.45, 7) is 6.14. The summed E-state index contributed by atoms with van der Waals surface area (Å²) in [4.78, 5) is 18.1. The third-order valence-corrected chi connectivity index (χ3v) is 5.90. The van der Waals surface area contributed by atoms with Crippen LogP contribution in [0, 0.1) is 0 Å². The van der Waals surface area contributed by atoms with Crippen LogP contribution in [0.15, 0.2) is 17.0 Å². The largest absolute Gasteiger partial charge is 0.486 e. The Hall–Kier alpha value is -1.64. The smallest absolute Gasteiger partial charge is 0.321 e. The maximum atomic E-state index is 12.8. The van der Waals surface area contributed by atoms with Gasteiger partial charge in [-0.15, -0.1) is 11.8 Å². The lowest BCUT2D eigenvalue weighted by atomic mass is 10.2. The topological polar surface area (TPSA) is 63.3 Å². The van der Waals surface area contributed by atoms with E-state index in [1.54, 1.807) is 11.8 Å². The number of rotatable bonds is 3. The van der Waals surface area contributed by atoms with E-state index < -0.39 is 0 Å². The second kappa shape index (κ2) is 7.94. The Labute approximate surface area is 157 Å². The van der Waals surface area contributed by atoms with Crippen molar-refractivity contribution in [2.45, 2.75) is 17.4 Å². The number of morpholine rings is 1. The summed E-state index contributed by atoms with van der Waals surface area (Å²) < 4.78 is 16.7. The third kappa shape index (κ3) is 3.72. The first kappa shape index (κ1) is 17.8. The fraction of sp³-hybridized carbons (Fsp3) is 0.611. The number of nitrogens with zero attached hydrogens (tertiary/aromatic N) is 2. The van der Waals surface area contributed by atoms with Gasteiger partial charge in [0.1, 0.15) is 13.2 Å². The van der Waals surface area contributed by atoms with Crippen LogP contribution in [0.4, 0.5) is 10.5 Å². The van der Waals surface area contributed by atoms with Gasteiger partial charge in [-0.3, -0.25) is 4.90 Å². The molecule has 7 nitrogen and oxygen atoms in total. The second-order valence-electron chi connectivity index (χ2n) is 6.66. The summed E-state index contributed by atoms with van der Waals surface area (Å²) in [5.74, 6) is 1.43. The van der Waals surface area contributed by atoms with Crippen molar-refractivity contribution in [3.63, 3.8) is 0 Å². The standard InChI is InChI=1S/C18H25N3O4S/c1-26-17-11-16-15(24-8-9-25-16)10-14(17)19-18(22)21-3-2-13(12-21)20-4-6-23-7-5-20/h10-11,13H,2-9,12H2,1H3,(H,19,22). The number of likely N-dealkylation sites (tertiary alicyclic amines) is 1. The van der Waals surface area contributed by atoms with Gasteiger partial charge in [-0.25, -0.2) is 4.79 Å². The molecule has 1 atom stereocenters. The van der Waals surface area contributed by atoms with Gasteiger partial charge in [0.25, 0.3) is 0 Å². The highest BCUT2D eigenvalue weighted by Crippen LogP contribution is 2.39. The number of hydrogen-bond acceptors (Lipinski definition) is 6. The maximum absolute atomic E-state index is 12.8. The molecule has 0 saturated carbocycles. The molecule has 3 aliphatic heterocycles. The Bertz CT molecular complexity index is 666. The summed E-state index contributed by atoms with van der Waals surface area (Å²) in [7, 11) is 0. The average molecular weight is 379 g/mol. The van der Waals surface area contributed by atoms with Gasteiger partial charge in [-0.05, 0) is 18.7 Å². The highest BCUT2D eigenvalue weighted by Gasteiger charge is 2.31. The van der Waals surface area contributed by atoms with Crippen LogP contribution in [0.25, 0.3) is 0 Å². The van der Waals surface area contributed by atoms with E-state index in [-0.39, 0.29) is 6.03 Å². The molecule has 0 bridgehead atoms. The third-order valence-electron chi connectivity index (χ3n) is 5.12. The molecule has 1 unspecified atom stereocenters. The molecule has 26 heavy (non-hydrogen) atoms. The minimum absolute atomic E-state index is 0.0484. The average Bonchev–Trinajstić information content (AvgIpc) is 3.18. The number of benzene rings is 1. The maximum Gasteiger partial charge on any atom is 0.321 e. The first-order valence-corrected chi connectivity index (χ1v) is 10.3. The Kier molecular flexibility index (Phi) is 5.42. The van der Waals surface area contributed by atoms with Gasteiger partial charge in [0.15, 0.2) is 11.5 Å². The molecule has 1 N–H and O–H groups in total. The number of anilines is 1. The number of hydrogen-bond donors (Lipinski definition) is 1. The van der Waals surface area contributed by atoms with Crippen LogP contribution in [0.2, 0.25) is 0 Å². The number of carbonyl (C=O) groups excluding carboxylic acids is 1. The molecule has 0 aliphatic carbocycles. The van der Waals surface area contributed by atoms with Gasteiger partial charge in [-0.1, -0.05) is 0 Å². The Balaban J connectivity index is 1.41. The summed E-state index contributed by atoms with van der Waals surface area (Å²) in [5, 5.41) is 3.06. The second-order valence-corrected chi connectivity index (χ2v) is 7.51. The molecular weight excluding hydrogens is 354 g/mol. The van der Waals surface area contributed by atoms with E-state index in [1.165, 1.54) is 0 Å². The van der Waals surface area contributed by atoms with Gasteiger partial charge in [0.2, 0.25) is 0 Å². The lowest BCUT2D eigenvalue weighted by Crippen LogP contribution is -2.45. The van der Waals surface area contributed by atoms with E-state index >= 15 is 0 Å². The highest BCUT2D eigenvalue weighted by atomic mass is 32.2. The number of thioether (sulfide) groups is 1. The van der Waals surface area contributed by atoms with Crippen molar-refractivity contribution in [2.24, 2.45) is 0 Å². The van der Waals surface area contributed by atoms with Gasteiger partial charge in [0, 0.05) is 43.2 Å². The Morgan fingerprint density at radius 1 is 1.12 bits per heavy atom. The highest BCUT2D eigenvalue weighted by molar-refractivity contribution is 7.98. The van der Waals surface area contributed by atoms with Crippen molar-refractivity contribution in [2.75, 3.05) is 64.2 Å². The lowest BCUT2D eigenvalue weighted by Gasteiger charge is -2.32. The molecule has 1 aromatic rings. The van der Waals surface area contributed by atoms with Crippen molar-refractivity contribution in [3.05, 3.63) is 12.1 Å². The van der Waals surface area contributed by atoms with Crippen molar-refractivity contribution in [3.8, 4) is 11.5 Å². The minimum atomic E-state index is -0.0484. The quantitative estimate of drug-likeness (QED) is 0.812. The fourth-order valence-corrected chi connectivity index (χ4v) is 4.25. The summed E-state index contributed by atoms with van der Waals surface area (Å²) >= 11 is 1.59. The van der Waals surface area contributed by atoms with Crippen LogP contribution in [-0.2, 0) is 4.74 Å². The summed E-state index contributed by atoms with van der Waals surface area (Å²) in [5.41, 5.74) is 0.779. The number of urea groups is 1. The number of nitrogens with one attached hydrogen (secondary N) is 1. The van der Waals surface area contributed by atoms with E-state index in [1.807, 2.05) is 23.3 Å². The summed E-state index contributed by atoms with van der Waals surface area (Å²) in [6, 6.07) is 4.20. The van der Waals surface area contributed by atoms with E-state index in [2.05, 4.69) is 10.2 Å². The fourth-order valence-electron chi connectivity index (χ4n) is 3.70. The van der Waals surface area contributed by atoms with Gasteiger partial charge < -0.3 is 24.4 Å². The zero-order valence-electron chi connectivity index (χ0n) is 15.0. The predicted molar refractivity (Wildman–Crippen MR) is 101 cm³/mol. The monoisotopic (exact) mass is 379 g/mol. The molecule has 3 aliphatic rings. The van der Waals surface area contributed by atoms with E-state index in [9.17, 15) is 4.79 Å². The van der Waals surface area contributed by atoms with Crippen LogP contribution in [0.3, 0.4) is 0 Å². The van der Waals surface area contributed by atoms with E-state index in [0.29, 0.717) is 25.0 Å². The Morgan fingerprint density at radius 3 is 2.58 bits per heavy atom.